The second-order valence-electron chi connectivity index (χ2n) is 5.37. The molecule has 0 saturated carbocycles. The molecular weight excluding hydrogens is 350 g/mol. The molecule has 4 aromatic rings. The Kier molecular flexibility index (Phi) is 4.15. The monoisotopic (exact) mass is 361 g/mol. The highest BCUT2D eigenvalue weighted by molar-refractivity contribution is 5.82. The summed E-state index contributed by atoms with van der Waals surface area (Å²) >= 11 is 0. The molecule has 0 amide bonds. The molecule has 2 aromatic heterocycles. The molecule has 0 bridgehead atoms. The summed E-state index contributed by atoms with van der Waals surface area (Å²) in [5, 5.41) is 30.0. The predicted octanol–water partition coefficient (Wildman–Crippen LogP) is 1.94. The van der Waals surface area contributed by atoms with E-state index < -0.39 is 4.92 Å². The van der Waals surface area contributed by atoms with Gasteiger partial charge in [0.05, 0.1) is 28.7 Å². The zero-order valence-corrected chi connectivity index (χ0v) is 13.7. The molecule has 0 unspecified atom stereocenters. The molecule has 0 fully saturated rings. The molecule has 0 atom stereocenters. The molecule has 0 aliphatic carbocycles. The Hall–Kier alpha value is -4.28. The highest BCUT2D eigenvalue weighted by atomic mass is 16.6. The molecule has 2 heterocycles. The van der Waals surface area contributed by atoms with Gasteiger partial charge in [-0.25, -0.2) is 4.98 Å². The number of para-hydroxylation sites is 1. The second-order valence-corrected chi connectivity index (χ2v) is 5.37. The van der Waals surface area contributed by atoms with E-state index in [0.717, 1.165) is 11.1 Å². The minimum Gasteiger partial charge on any atom is -0.278 e. The summed E-state index contributed by atoms with van der Waals surface area (Å²) in [4.78, 5) is 14.6. The van der Waals surface area contributed by atoms with Gasteiger partial charge in [0.2, 0.25) is 0 Å². The van der Waals surface area contributed by atoms with Crippen molar-refractivity contribution in [2.75, 3.05) is 5.43 Å². The maximum Gasteiger partial charge on any atom is 0.291 e. The summed E-state index contributed by atoms with van der Waals surface area (Å²) in [5.74, 6) is 0.289. The van der Waals surface area contributed by atoms with Crippen molar-refractivity contribution in [2.24, 2.45) is 5.10 Å². The van der Waals surface area contributed by atoms with Crippen LogP contribution >= 0.6 is 0 Å². The number of hydrogen-bond acceptors (Lipinski definition) is 9. The molecule has 0 aliphatic rings. The number of hydrogen-bond donors (Lipinski definition) is 1. The number of nitro groups is 1. The molecule has 0 aliphatic heterocycles. The minimum atomic E-state index is -0.446. The van der Waals surface area contributed by atoms with Crippen molar-refractivity contribution in [1.82, 2.24) is 30.2 Å². The first-order valence-electron chi connectivity index (χ1n) is 7.75. The van der Waals surface area contributed by atoms with Gasteiger partial charge in [-0.3, -0.25) is 15.5 Å². The number of aromatic nitrogens is 6. The van der Waals surface area contributed by atoms with Crippen LogP contribution in [0.1, 0.15) is 5.56 Å². The van der Waals surface area contributed by atoms with Crippen LogP contribution in [0, 0.1) is 10.1 Å². The number of rotatable bonds is 5. The van der Waals surface area contributed by atoms with Crippen LogP contribution in [0.25, 0.3) is 17.0 Å². The third kappa shape index (κ3) is 3.42. The number of nitrogens with one attached hydrogen (secondary N) is 1. The average molecular weight is 361 g/mol. The SMILES string of the molecule is O=[N+]([O-])c1ccc(/C=N/Nc2ccccc2-c2cnn3nnnc3n2)cc1. The van der Waals surface area contributed by atoms with Crippen LogP contribution in [0.5, 0.6) is 0 Å². The summed E-state index contributed by atoms with van der Waals surface area (Å²) in [6, 6.07) is 13.5. The van der Waals surface area contributed by atoms with E-state index >= 15 is 0 Å². The first kappa shape index (κ1) is 16.2. The third-order valence-corrected chi connectivity index (χ3v) is 3.65. The topological polar surface area (TPSA) is 136 Å². The highest BCUT2D eigenvalue weighted by Gasteiger charge is 2.09. The minimum absolute atomic E-state index is 0.0300. The van der Waals surface area contributed by atoms with Gasteiger partial charge in [-0.05, 0) is 34.2 Å². The van der Waals surface area contributed by atoms with E-state index in [1.807, 2.05) is 24.3 Å². The van der Waals surface area contributed by atoms with Gasteiger partial charge >= 0.3 is 0 Å². The third-order valence-electron chi connectivity index (χ3n) is 3.65. The largest absolute Gasteiger partial charge is 0.291 e. The molecule has 27 heavy (non-hydrogen) atoms. The van der Waals surface area contributed by atoms with Gasteiger partial charge in [-0.2, -0.15) is 10.2 Å². The number of anilines is 1. The zero-order chi connectivity index (χ0) is 18.6. The van der Waals surface area contributed by atoms with Crippen molar-refractivity contribution in [1.29, 1.82) is 0 Å². The lowest BCUT2D eigenvalue weighted by Crippen LogP contribution is -1.99. The van der Waals surface area contributed by atoms with Crippen molar-refractivity contribution in [3.05, 3.63) is 70.4 Å². The number of nitro benzene ring substituents is 1. The maximum atomic E-state index is 10.7. The Morgan fingerprint density at radius 2 is 1.96 bits per heavy atom. The van der Waals surface area contributed by atoms with E-state index in [1.54, 1.807) is 24.5 Å². The van der Waals surface area contributed by atoms with E-state index in [9.17, 15) is 10.1 Å². The lowest BCUT2D eigenvalue weighted by Gasteiger charge is -2.07. The first-order chi connectivity index (χ1) is 13.2. The first-order valence-corrected chi connectivity index (χ1v) is 7.75. The van der Waals surface area contributed by atoms with Crippen LogP contribution in [0.3, 0.4) is 0 Å². The van der Waals surface area contributed by atoms with E-state index in [0.29, 0.717) is 11.4 Å². The van der Waals surface area contributed by atoms with Gasteiger partial charge in [0.1, 0.15) is 0 Å². The molecule has 132 valence electrons. The summed E-state index contributed by atoms with van der Waals surface area (Å²) in [6.07, 6.45) is 3.13. The van der Waals surface area contributed by atoms with Gasteiger partial charge in [0.25, 0.3) is 11.5 Å². The van der Waals surface area contributed by atoms with Crippen LogP contribution < -0.4 is 5.43 Å². The van der Waals surface area contributed by atoms with Crippen molar-refractivity contribution in [3.63, 3.8) is 0 Å². The smallest absolute Gasteiger partial charge is 0.278 e. The summed E-state index contributed by atoms with van der Waals surface area (Å²) in [7, 11) is 0. The highest BCUT2D eigenvalue weighted by Crippen LogP contribution is 2.25. The average Bonchev–Trinajstić information content (AvgIpc) is 3.16. The summed E-state index contributed by atoms with van der Waals surface area (Å²) in [5.41, 5.74) is 5.78. The Morgan fingerprint density at radius 3 is 2.78 bits per heavy atom. The van der Waals surface area contributed by atoms with Crippen molar-refractivity contribution in [2.45, 2.75) is 0 Å². The van der Waals surface area contributed by atoms with Gasteiger partial charge in [0.15, 0.2) is 0 Å². The molecular formula is C16H11N9O2. The van der Waals surface area contributed by atoms with Crippen molar-refractivity contribution >= 4 is 23.4 Å². The standard InChI is InChI=1S/C16H11N9O2/c26-25(27)12-7-5-11(6-8-12)9-17-20-14-4-2-1-3-13(14)15-10-18-24-16(19-15)21-22-23-24/h1-10,20H/b17-9+. The number of benzene rings is 2. The van der Waals surface area contributed by atoms with Crippen LogP contribution in [-0.2, 0) is 0 Å². The fraction of sp³-hybridized carbons (Fsp3) is 0. The lowest BCUT2D eigenvalue weighted by atomic mass is 10.1. The molecule has 11 heteroatoms. The van der Waals surface area contributed by atoms with Crippen LogP contribution in [0.4, 0.5) is 11.4 Å². The van der Waals surface area contributed by atoms with Crippen LogP contribution in [0.2, 0.25) is 0 Å². The Balaban J connectivity index is 1.56. The van der Waals surface area contributed by atoms with Gasteiger partial charge in [-0.1, -0.05) is 27.9 Å². The van der Waals surface area contributed by atoms with E-state index in [4.69, 9.17) is 0 Å². The predicted molar refractivity (Wildman–Crippen MR) is 96.1 cm³/mol. The molecule has 11 nitrogen and oxygen atoms in total. The van der Waals surface area contributed by atoms with Crippen molar-refractivity contribution in [3.8, 4) is 11.3 Å². The maximum absolute atomic E-state index is 10.7. The molecule has 2 aromatic carbocycles. The summed E-state index contributed by atoms with van der Waals surface area (Å²) < 4.78 is 1.23. The Labute approximate surface area is 151 Å². The molecule has 0 saturated heterocycles. The number of tetrazole rings is 1. The molecule has 4 rings (SSSR count). The number of non-ortho nitro benzene ring substituents is 1. The number of nitrogens with zero attached hydrogens (tertiary/aromatic N) is 8. The van der Waals surface area contributed by atoms with Crippen LogP contribution in [0.15, 0.2) is 59.8 Å². The van der Waals surface area contributed by atoms with Gasteiger partial charge in [0, 0.05) is 17.7 Å². The van der Waals surface area contributed by atoms with E-state index in [-0.39, 0.29) is 11.5 Å². The van der Waals surface area contributed by atoms with E-state index in [2.05, 4.69) is 36.1 Å². The Morgan fingerprint density at radius 1 is 1.15 bits per heavy atom. The number of fused-ring (bicyclic) bond motifs is 1. The molecule has 1 N–H and O–H groups in total. The Bertz CT molecular complexity index is 1140. The van der Waals surface area contributed by atoms with Gasteiger partial charge < -0.3 is 0 Å². The van der Waals surface area contributed by atoms with E-state index in [1.165, 1.54) is 16.8 Å². The second kappa shape index (κ2) is 6.92. The molecule has 0 spiro atoms. The molecule has 0 radical (unpaired) electrons. The fourth-order valence-electron chi connectivity index (χ4n) is 2.36. The summed E-state index contributed by atoms with van der Waals surface area (Å²) in [6.45, 7) is 0. The quantitative estimate of drug-likeness (QED) is 0.323. The normalized spacial score (nSPS) is 11.1. The zero-order valence-electron chi connectivity index (χ0n) is 13.7. The number of hydrazone groups is 1. The fourth-order valence-corrected chi connectivity index (χ4v) is 2.36. The lowest BCUT2D eigenvalue weighted by molar-refractivity contribution is -0.384. The van der Waals surface area contributed by atoms with Crippen molar-refractivity contribution < 1.29 is 4.92 Å². The van der Waals surface area contributed by atoms with Crippen LogP contribution in [-0.4, -0.2) is 41.4 Å². The van der Waals surface area contributed by atoms with Gasteiger partial charge in [-0.15, -0.1) is 0 Å².